The highest BCUT2D eigenvalue weighted by atomic mass is 15.2. The SMILES string of the molecule is Cc1cn(-c2nccc3[nH]c(-c4n[nH]c5ccc(-c6ccccn6)nc45)nc23)cn1. The summed E-state index contributed by atoms with van der Waals surface area (Å²) in [4.78, 5) is 26.1. The number of aromatic nitrogens is 9. The zero-order valence-electron chi connectivity index (χ0n) is 15.9. The minimum absolute atomic E-state index is 0.619. The van der Waals surface area contributed by atoms with Gasteiger partial charge in [-0.15, -0.1) is 0 Å². The van der Waals surface area contributed by atoms with Crippen LogP contribution in [0.3, 0.4) is 0 Å². The van der Waals surface area contributed by atoms with Crippen LogP contribution < -0.4 is 0 Å². The Kier molecular flexibility index (Phi) is 3.48. The molecule has 6 aromatic rings. The Bertz CT molecular complexity index is 1510. The molecule has 0 bridgehead atoms. The fourth-order valence-electron chi connectivity index (χ4n) is 3.48. The van der Waals surface area contributed by atoms with Crippen molar-refractivity contribution < 1.29 is 0 Å². The number of aryl methyl sites for hydroxylation is 1. The summed E-state index contributed by atoms with van der Waals surface area (Å²) in [6.45, 7) is 1.94. The first-order valence-electron chi connectivity index (χ1n) is 9.39. The van der Waals surface area contributed by atoms with Gasteiger partial charge in [0.1, 0.15) is 17.4 Å². The molecule has 0 aliphatic rings. The van der Waals surface area contributed by atoms with E-state index >= 15 is 0 Å². The van der Waals surface area contributed by atoms with E-state index in [1.165, 1.54) is 0 Å². The number of aromatic amines is 2. The maximum Gasteiger partial charge on any atom is 0.166 e. The summed E-state index contributed by atoms with van der Waals surface area (Å²) in [6, 6.07) is 11.5. The largest absolute Gasteiger partial charge is 0.336 e. The molecule has 30 heavy (non-hydrogen) atoms. The monoisotopic (exact) mass is 393 g/mol. The molecule has 0 saturated heterocycles. The number of nitrogens with zero attached hydrogens (tertiary/aromatic N) is 7. The summed E-state index contributed by atoms with van der Waals surface area (Å²) in [6.07, 6.45) is 7.15. The third kappa shape index (κ3) is 2.56. The molecule has 0 fully saturated rings. The van der Waals surface area contributed by atoms with Crippen molar-refractivity contribution in [3.8, 4) is 28.7 Å². The number of pyridine rings is 3. The van der Waals surface area contributed by atoms with Crippen LogP contribution in [0.25, 0.3) is 50.8 Å². The first kappa shape index (κ1) is 16.5. The van der Waals surface area contributed by atoms with E-state index in [9.17, 15) is 0 Å². The van der Waals surface area contributed by atoms with E-state index in [1.807, 2.05) is 54.1 Å². The summed E-state index contributed by atoms with van der Waals surface area (Å²) in [5.74, 6) is 1.32. The van der Waals surface area contributed by atoms with Gasteiger partial charge in [0.25, 0.3) is 0 Å². The number of hydrogen-bond donors (Lipinski definition) is 2. The van der Waals surface area contributed by atoms with Crippen LogP contribution in [-0.4, -0.2) is 44.7 Å². The van der Waals surface area contributed by atoms with Crippen molar-refractivity contribution in [1.82, 2.24) is 44.7 Å². The van der Waals surface area contributed by atoms with Gasteiger partial charge in [-0.3, -0.25) is 14.6 Å². The lowest BCUT2D eigenvalue weighted by Gasteiger charge is -2.00. The zero-order chi connectivity index (χ0) is 20.1. The molecule has 0 atom stereocenters. The molecule has 2 N–H and O–H groups in total. The van der Waals surface area contributed by atoms with Crippen molar-refractivity contribution in [2.24, 2.45) is 0 Å². The van der Waals surface area contributed by atoms with E-state index in [1.54, 1.807) is 18.7 Å². The van der Waals surface area contributed by atoms with Gasteiger partial charge in [0.2, 0.25) is 0 Å². The fourth-order valence-corrected chi connectivity index (χ4v) is 3.48. The molecule has 6 aromatic heterocycles. The predicted octanol–water partition coefficient (Wildman–Crippen LogP) is 3.45. The summed E-state index contributed by atoms with van der Waals surface area (Å²) < 4.78 is 1.86. The second kappa shape index (κ2) is 6.31. The van der Waals surface area contributed by atoms with Crippen LogP contribution in [0.15, 0.2) is 61.3 Å². The van der Waals surface area contributed by atoms with Crippen LogP contribution in [0.5, 0.6) is 0 Å². The number of fused-ring (bicyclic) bond motifs is 2. The summed E-state index contributed by atoms with van der Waals surface area (Å²) in [5, 5.41) is 7.50. The normalized spacial score (nSPS) is 11.5. The average Bonchev–Trinajstić information content (AvgIpc) is 3.51. The highest BCUT2D eigenvalue weighted by Gasteiger charge is 2.17. The molecule has 9 nitrogen and oxygen atoms in total. The van der Waals surface area contributed by atoms with Crippen LogP contribution in [0, 0.1) is 6.92 Å². The maximum atomic E-state index is 4.79. The van der Waals surface area contributed by atoms with E-state index in [0.717, 1.165) is 39.1 Å². The first-order chi connectivity index (χ1) is 14.8. The van der Waals surface area contributed by atoms with Gasteiger partial charge in [0.15, 0.2) is 17.3 Å². The lowest BCUT2D eigenvalue weighted by molar-refractivity contribution is 1.00. The van der Waals surface area contributed by atoms with E-state index in [2.05, 4.69) is 30.1 Å². The van der Waals surface area contributed by atoms with Gasteiger partial charge >= 0.3 is 0 Å². The van der Waals surface area contributed by atoms with Gasteiger partial charge in [-0.2, -0.15) is 5.10 Å². The van der Waals surface area contributed by atoms with Crippen LogP contribution >= 0.6 is 0 Å². The van der Waals surface area contributed by atoms with Gasteiger partial charge < -0.3 is 4.98 Å². The number of rotatable bonds is 3. The Labute approximate surface area is 169 Å². The molecule has 144 valence electrons. The lowest BCUT2D eigenvalue weighted by atomic mass is 10.2. The molecular formula is C21H15N9. The van der Waals surface area contributed by atoms with Crippen molar-refractivity contribution in [2.75, 3.05) is 0 Å². The van der Waals surface area contributed by atoms with E-state index in [4.69, 9.17) is 9.97 Å². The van der Waals surface area contributed by atoms with Crippen LogP contribution in [0.1, 0.15) is 5.69 Å². The number of imidazole rings is 2. The third-order valence-corrected chi connectivity index (χ3v) is 4.90. The Hall–Kier alpha value is -4.40. The van der Waals surface area contributed by atoms with Crippen molar-refractivity contribution >= 4 is 22.1 Å². The molecule has 0 aliphatic heterocycles. The molecule has 0 amide bonds. The topological polar surface area (TPSA) is 114 Å². The number of H-pyrrole nitrogens is 2. The highest BCUT2D eigenvalue weighted by molar-refractivity contribution is 5.92. The molecule has 0 spiro atoms. The molecule has 0 radical (unpaired) electrons. The Morgan fingerprint density at radius 3 is 2.63 bits per heavy atom. The number of nitrogens with one attached hydrogen (secondary N) is 2. The lowest BCUT2D eigenvalue weighted by Crippen LogP contribution is -1.95. The highest BCUT2D eigenvalue weighted by Crippen LogP contribution is 2.28. The quantitative estimate of drug-likeness (QED) is 0.476. The molecule has 6 rings (SSSR count). The molecule has 0 aliphatic carbocycles. The fraction of sp³-hybridized carbons (Fsp3) is 0.0476. The standard InChI is InChI=1S/C21H15N9/c1-12-10-30(11-24-12)21-18-15(7-9-23-21)26-20(27-18)19-17-16(28-29-19)6-5-14(25-17)13-4-2-3-8-22-13/h2-11H,1H3,(H,26,27)(H,28,29). The van der Waals surface area contributed by atoms with Crippen molar-refractivity contribution in [3.63, 3.8) is 0 Å². The van der Waals surface area contributed by atoms with E-state index in [0.29, 0.717) is 17.3 Å². The van der Waals surface area contributed by atoms with Gasteiger partial charge in [0.05, 0.1) is 28.1 Å². The van der Waals surface area contributed by atoms with E-state index < -0.39 is 0 Å². The predicted molar refractivity (Wildman–Crippen MR) is 112 cm³/mol. The van der Waals surface area contributed by atoms with Gasteiger partial charge in [-0.25, -0.2) is 19.9 Å². The summed E-state index contributed by atoms with van der Waals surface area (Å²) in [7, 11) is 0. The smallest absolute Gasteiger partial charge is 0.166 e. The molecule has 0 unspecified atom stereocenters. The van der Waals surface area contributed by atoms with Crippen molar-refractivity contribution in [3.05, 3.63) is 67.0 Å². The molecular weight excluding hydrogens is 378 g/mol. The van der Waals surface area contributed by atoms with Gasteiger partial charge in [0, 0.05) is 18.6 Å². The average molecular weight is 393 g/mol. The maximum absolute atomic E-state index is 4.79. The Morgan fingerprint density at radius 2 is 1.80 bits per heavy atom. The molecule has 9 heteroatoms. The molecule has 0 aromatic carbocycles. The zero-order valence-corrected chi connectivity index (χ0v) is 15.9. The Balaban J connectivity index is 1.52. The first-order valence-corrected chi connectivity index (χ1v) is 9.39. The van der Waals surface area contributed by atoms with Gasteiger partial charge in [-0.1, -0.05) is 6.07 Å². The minimum Gasteiger partial charge on any atom is -0.336 e. The van der Waals surface area contributed by atoms with Gasteiger partial charge in [-0.05, 0) is 37.3 Å². The second-order valence-electron chi connectivity index (χ2n) is 6.92. The molecule has 0 saturated carbocycles. The second-order valence-corrected chi connectivity index (χ2v) is 6.92. The third-order valence-electron chi connectivity index (χ3n) is 4.90. The summed E-state index contributed by atoms with van der Waals surface area (Å²) >= 11 is 0. The number of hydrogen-bond acceptors (Lipinski definition) is 6. The Morgan fingerprint density at radius 1 is 0.833 bits per heavy atom. The van der Waals surface area contributed by atoms with Crippen molar-refractivity contribution in [2.45, 2.75) is 6.92 Å². The van der Waals surface area contributed by atoms with Crippen LogP contribution in [0.4, 0.5) is 0 Å². The van der Waals surface area contributed by atoms with E-state index in [-0.39, 0.29) is 0 Å². The summed E-state index contributed by atoms with van der Waals surface area (Å²) in [5.41, 5.74) is 6.29. The van der Waals surface area contributed by atoms with Crippen LogP contribution in [-0.2, 0) is 0 Å². The minimum atomic E-state index is 0.619. The van der Waals surface area contributed by atoms with Crippen LogP contribution in [0.2, 0.25) is 0 Å². The van der Waals surface area contributed by atoms with Crippen molar-refractivity contribution in [1.29, 1.82) is 0 Å². The molecule has 6 heterocycles.